The molecule has 1 aromatic carbocycles. The van der Waals surface area contributed by atoms with Crippen molar-refractivity contribution in [3.05, 3.63) is 51.7 Å². The quantitative estimate of drug-likeness (QED) is 0.312. The summed E-state index contributed by atoms with van der Waals surface area (Å²) in [6, 6.07) is 10.2. The lowest BCUT2D eigenvalue weighted by atomic mass is 10.1. The monoisotopic (exact) mass is 544 g/mol. The van der Waals surface area contributed by atoms with Crippen molar-refractivity contribution in [3.63, 3.8) is 0 Å². The minimum absolute atomic E-state index is 0. The molecule has 0 unspecified atom stereocenters. The molecule has 30 heavy (non-hydrogen) atoms. The summed E-state index contributed by atoms with van der Waals surface area (Å²) in [7, 11) is 3.48. The summed E-state index contributed by atoms with van der Waals surface area (Å²) in [6.45, 7) is 9.43. The number of thiophene rings is 1. The summed E-state index contributed by atoms with van der Waals surface area (Å²) in [6.07, 6.45) is 0. The zero-order chi connectivity index (χ0) is 21.4. The van der Waals surface area contributed by atoms with Crippen LogP contribution in [0, 0.1) is 6.92 Å². The number of aliphatic imine (C=N–C) groups is 1. The maximum Gasteiger partial charge on any atom is 0.241 e. The summed E-state index contributed by atoms with van der Waals surface area (Å²) in [5.74, 6) is 1.42. The van der Waals surface area contributed by atoms with Crippen LogP contribution in [0.2, 0.25) is 0 Å². The van der Waals surface area contributed by atoms with Crippen molar-refractivity contribution < 1.29 is 9.53 Å². The Balaban J connectivity index is 0.00000450. The molecule has 1 heterocycles. The fraction of sp³-hybridized carbons (Fsp3) is 0.455. The number of nitrogens with one attached hydrogen (secondary N) is 2. The van der Waals surface area contributed by atoms with Crippen LogP contribution in [0.3, 0.4) is 0 Å². The number of rotatable bonds is 7. The molecule has 1 amide bonds. The zero-order valence-electron chi connectivity index (χ0n) is 18.6. The van der Waals surface area contributed by atoms with Crippen molar-refractivity contribution in [3.8, 4) is 5.75 Å². The van der Waals surface area contributed by atoms with Gasteiger partial charge in [-0.3, -0.25) is 4.79 Å². The lowest BCUT2D eigenvalue weighted by Gasteiger charge is -2.23. The molecule has 0 saturated heterocycles. The highest BCUT2D eigenvalue weighted by Gasteiger charge is 2.15. The smallest absolute Gasteiger partial charge is 0.241 e. The van der Waals surface area contributed by atoms with Crippen LogP contribution < -0.4 is 15.4 Å². The first-order valence-electron chi connectivity index (χ1n) is 9.67. The minimum atomic E-state index is -0.289. The van der Waals surface area contributed by atoms with E-state index in [1.165, 1.54) is 4.88 Å². The van der Waals surface area contributed by atoms with E-state index in [0.717, 1.165) is 16.9 Å². The minimum Gasteiger partial charge on any atom is -0.488 e. The molecule has 0 saturated carbocycles. The van der Waals surface area contributed by atoms with Crippen LogP contribution >= 0.6 is 35.3 Å². The molecule has 0 aliphatic heterocycles. The van der Waals surface area contributed by atoms with Gasteiger partial charge < -0.3 is 20.3 Å². The fourth-order valence-electron chi connectivity index (χ4n) is 2.46. The highest BCUT2D eigenvalue weighted by Crippen LogP contribution is 2.25. The molecule has 0 radical (unpaired) electrons. The van der Waals surface area contributed by atoms with Crippen LogP contribution in [0.25, 0.3) is 0 Å². The Morgan fingerprint density at radius 1 is 1.20 bits per heavy atom. The largest absolute Gasteiger partial charge is 0.488 e. The molecule has 166 valence electrons. The highest BCUT2D eigenvalue weighted by atomic mass is 127. The molecule has 6 nitrogen and oxygen atoms in total. The van der Waals surface area contributed by atoms with Crippen LogP contribution in [0.5, 0.6) is 5.75 Å². The number of carbonyl (C=O) groups excluding carboxylic acids is 1. The number of hydrogen-bond donors (Lipinski definition) is 2. The maximum atomic E-state index is 12.0. The van der Waals surface area contributed by atoms with Gasteiger partial charge in [-0.25, -0.2) is 4.99 Å². The van der Waals surface area contributed by atoms with Crippen molar-refractivity contribution in [2.75, 3.05) is 20.6 Å². The first-order valence-corrected chi connectivity index (χ1v) is 10.6. The van der Waals surface area contributed by atoms with Gasteiger partial charge in [-0.15, -0.1) is 35.3 Å². The number of nitrogens with zero attached hydrogens (tertiary/aromatic N) is 2. The second-order valence-electron chi connectivity index (χ2n) is 8.07. The van der Waals surface area contributed by atoms with E-state index in [2.05, 4.69) is 22.8 Å². The third-order valence-corrected chi connectivity index (χ3v) is 4.84. The molecule has 0 bridgehead atoms. The normalized spacial score (nSPS) is 11.5. The van der Waals surface area contributed by atoms with Gasteiger partial charge in [0.05, 0.1) is 19.6 Å². The van der Waals surface area contributed by atoms with E-state index in [0.29, 0.717) is 19.0 Å². The van der Waals surface area contributed by atoms with Gasteiger partial charge in [0.1, 0.15) is 11.4 Å². The van der Waals surface area contributed by atoms with Gasteiger partial charge in [0, 0.05) is 24.5 Å². The molecule has 2 aromatic rings. The molecule has 0 aliphatic rings. The van der Waals surface area contributed by atoms with Gasteiger partial charge in [0.2, 0.25) is 5.91 Å². The molecule has 2 N–H and O–H groups in total. The topological polar surface area (TPSA) is 66.0 Å². The van der Waals surface area contributed by atoms with Crippen LogP contribution in [-0.4, -0.2) is 43.0 Å². The predicted octanol–water partition coefficient (Wildman–Crippen LogP) is 4.18. The summed E-state index contributed by atoms with van der Waals surface area (Å²) >= 11 is 1.68. The summed E-state index contributed by atoms with van der Waals surface area (Å²) < 4.78 is 6.13. The first kappa shape index (κ1) is 26.2. The lowest BCUT2D eigenvalue weighted by molar-refractivity contribution is -0.127. The van der Waals surface area contributed by atoms with Gasteiger partial charge in [-0.05, 0) is 50.8 Å². The average Bonchev–Trinajstić information content (AvgIpc) is 3.14. The standard InChI is InChI=1S/C22H32N4O2S.HI/c1-16-9-10-17(19(12-16)28-22(2,3)4)13-23-21(25-15-20(27)26(5)6)24-14-18-8-7-11-29-18;/h7-12H,13-15H2,1-6H3,(H2,23,24,25);1H. The van der Waals surface area contributed by atoms with Crippen molar-refractivity contribution in [2.45, 2.75) is 46.4 Å². The molecular formula is C22H33IN4O2S. The molecule has 0 spiro atoms. The maximum absolute atomic E-state index is 12.0. The Bertz CT molecular complexity index is 830. The van der Waals surface area contributed by atoms with Crippen LogP contribution in [0.4, 0.5) is 0 Å². The number of amides is 1. The van der Waals surface area contributed by atoms with Crippen molar-refractivity contribution in [1.29, 1.82) is 0 Å². The number of halogens is 1. The SMILES string of the molecule is Cc1ccc(CN=C(NCC(=O)N(C)C)NCc2cccs2)c(OC(C)(C)C)c1.I. The van der Waals surface area contributed by atoms with Crippen LogP contribution in [0.15, 0.2) is 40.7 Å². The van der Waals surface area contributed by atoms with Crippen LogP contribution in [-0.2, 0) is 17.9 Å². The molecular weight excluding hydrogens is 511 g/mol. The van der Waals surface area contributed by atoms with Crippen molar-refractivity contribution in [2.24, 2.45) is 4.99 Å². The average molecular weight is 545 g/mol. The molecule has 0 fully saturated rings. The Hall–Kier alpha value is -1.81. The van der Waals surface area contributed by atoms with Gasteiger partial charge in [0.25, 0.3) is 0 Å². The molecule has 0 atom stereocenters. The number of aryl methyl sites for hydroxylation is 1. The van der Waals surface area contributed by atoms with E-state index in [4.69, 9.17) is 9.73 Å². The summed E-state index contributed by atoms with van der Waals surface area (Å²) in [5, 5.41) is 8.47. The number of benzene rings is 1. The number of likely N-dealkylation sites (N-methyl/N-ethyl adjacent to an activating group) is 1. The molecule has 1 aromatic heterocycles. The van der Waals surface area contributed by atoms with Crippen LogP contribution in [0.1, 0.15) is 36.8 Å². The van der Waals surface area contributed by atoms with E-state index in [1.807, 2.05) is 51.3 Å². The first-order chi connectivity index (χ1) is 13.6. The summed E-state index contributed by atoms with van der Waals surface area (Å²) in [5.41, 5.74) is 1.85. The van der Waals surface area contributed by atoms with E-state index >= 15 is 0 Å². The number of guanidine groups is 1. The molecule has 2 rings (SSSR count). The third kappa shape index (κ3) is 9.34. The molecule has 0 aliphatic carbocycles. The number of carbonyl (C=O) groups is 1. The predicted molar refractivity (Wildman–Crippen MR) is 136 cm³/mol. The van der Waals surface area contributed by atoms with E-state index in [-0.39, 0.29) is 42.0 Å². The van der Waals surface area contributed by atoms with Gasteiger partial charge >= 0.3 is 0 Å². The Kier molecular flexibility index (Phi) is 10.6. The molecule has 8 heteroatoms. The number of hydrogen-bond acceptors (Lipinski definition) is 4. The van der Waals surface area contributed by atoms with Crippen molar-refractivity contribution >= 4 is 47.2 Å². The van der Waals surface area contributed by atoms with E-state index in [1.54, 1.807) is 30.3 Å². The van der Waals surface area contributed by atoms with Crippen molar-refractivity contribution in [1.82, 2.24) is 15.5 Å². The second kappa shape index (κ2) is 12.1. The van der Waals surface area contributed by atoms with Gasteiger partial charge in [0.15, 0.2) is 5.96 Å². The second-order valence-corrected chi connectivity index (χ2v) is 9.10. The van der Waals surface area contributed by atoms with Gasteiger partial charge in [-0.1, -0.05) is 18.2 Å². The fourth-order valence-corrected chi connectivity index (χ4v) is 3.10. The van der Waals surface area contributed by atoms with E-state index < -0.39 is 0 Å². The lowest BCUT2D eigenvalue weighted by Crippen LogP contribution is -2.42. The van der Waals surface area contributed by atoms with Gasteiger partial charge in [-0.2, -0.15) is 0 Å². The van der Waals surface area contributed by atoms with E-state index in [9.17, 15) is 4.79 Å². The highest BCUT2D eigenvalue weighted by molar-refractivity contribution is 14.0. The zero-order valence-corrected chi connectivity index (χ0v) is 21.8. The Morgan fingerprint density at radius 2 is 1.93 bits per heavy atom. The number of ether oxygens (including phenoxy) is 1. The Labute approximate surface area is 201 Å². The Morgan fingerprint density at radius 3 is 2.53 bits per heavy atom. The summed E-state index contributed by atoms with van der Waals surface area (Å²) in [4.78, 5) is 19.4. The third-order valence-electron chi connectivity index (χ3n) is 3.96.